The number of nitrogens with one attached hydrogen (secondary N) is 1. The van der Waals surface area contributed by atoms with Crippen molar-refractivity contribution in [1.29, 1.82) is 0 Å². The molecule has 7 nitrogen and oxygen atoms in total. The molecule has 3 aromatic rings. The standard InChI is InChI=1S/C30H31ClN2O5/c1-5-38-27(35)15-24(19-11-9-18(2)10-12-19)32-28(36)23-14-22-25(16-30(3,4)17-26(22)34)33(29(23)37)21-8-6-7-20(31)13-21/h6-14,24H,5,15-17H2,1-4H3,(H,32,36)/t24-/m0/s1. The minimum Gasteiger partial charge on any atom is -0.466 e. The van der Waals surface area contributed by atoms with Gasteiger partial charge in [-0.05, 0) is 55.5 Å². The van der Waals surface area contributed by atoms with Crippen molar-refractivity contribution < 1.29 is 19.1 Å². The average molecular weight is 535 g/mol. The Labute approximate surface area is 226 Å². The summed E-state index contributed by atoms with van der Waals surface area (Å²) in [6.07, 6.45) is 0.666. The van der Waals surface area contributed by atoms with Gasteiger partial charge in [-0.3, -0.25) is 23.7 Å². The first-order valence-electron chi connectivity index (χ1n) is 12.6. The number of nitrogens with zero attached hydrogens (tertiary/aromatic N) is 1. The number of aromatic nitrogens is 1. The molecule has 0 unspecified atom stereocenters. The van der Waals surface area contributed by atoms with Crippen molar-refractivity contribution in [2.75, 3.05) is 6.61 Å². The number of pyridine rings is 1. The summed E-state index contributed by atoms with van der Waals surface area (Å²) in [5.41, 5.74) is 1.99. The van der Waals surface area contributed by atoms with Crippen LogP contribution in [0.15, 0.2) is 59.4 Å². The van der Waals surface area contributed by atoms with Gasteiger partial charge in [0.2, 0.25) is 0 Å². The molecule has 0 fully saturated rings. The molecule has 0 radical (unpaired) electrons. The fraction of sp³-hybridized carbons (Fsp3) is 0.333. The third-order valence-electron chi connectivity index (χ3n) is 6.66. The number of halogens is 1. The van der Waals surface area contributed by atoms with Crippen LogP contribution in [-0.2, 0) is 16.0 Å². The summed E-state index contributed by atoms with van der Waals surface area (Å²) in [4.78, 5) is 53.0. The van der Waals surface area contributed by atoms with Crippen LogP contribution in [0.5, 0.6) is 0 Å². The zero-order valence-corrected chi connectivity index (χ0v) is 22.7. The van der Waals surface area contributed by atoms with Gasteiger partial charge >= 0.3 is 5.97 Å². The Morgan fingerprint density at radius 3 is 2.45 bits per heavy atom. The monoisotopic (exact) mass is 534 g/mol. The van der Waals surface area contributed by atoms with Crippen LogP contribution in [0.25, 0.3) is 5.69 Å². The molecule has 0 bridgehead atoms. The van der Waals surface area contributed by atoms with Gasteiger partial charge in [0.1, 0.15) is 5.56 Å². The van der Waals surface area contributed by atoms with Crippen LogP contribution < -0.4 is 10.9 Å². The van der Waals surface area contributed by atoms with Gasteiger partial charge in [-0.1, -0.05) is 61.3 Å². The van der Waals surface area contributed by atoms with Crippen molar-refractivity contribution in [3.05, 3.63) is 97.9 Å². The van der Waals surface area contributed by atoms with Crippen LogP contribution in [0.4, 0.5) is 0 Å². The molecule has 1 N–H and O–H groups in total. The molecule has 0 saturated carbocycles. The van der Waals surface area contributed by atoms with Gasteiger partial charge in [0.05, 0.1) is 24.8 Å². The minimum absolute atomic E-state index is 0.108. The topological polar surface area (TPSA) is 94.5 Å². The second-order valence-electron chi connectivity index (χ2n) is 10.4. The third kappa shape index (κ3) is 5.89. The molecule has 2 aromatic carbocycles. The van der Waals surface area contributed by atoms with Gasteiger partial charge in [0.25, 0.3) is 11.5 Å². The number of ketones is 1. The number of hydrogen-bond donors (Lipinski definition) is 1. The van der Waals surface area contributed by atoms with Crippen molar-refractivity contribution in [3.8, 4) is 5.69 Å². The van der Waals surface area contributed by atoms with E-state index in [0.717, 1.165) is 5.56 Å². The first kappa shape index (κ1) is 27.3. The van der Waals surface area contributed by atoms with E-state index in [2.05, 4.69) is 5.32 Å². The summed E-state index contributed by atoms with van der Waals surface area (Å²) in [6.45, 7) is 7.81. The summed E-state index contributed by atoms with van der Waals surface area (Å²) >= 11 is 6.23. The Kier molecular flexibility index (Phi) is 7.88. The van der Waals surface area contributed by atoms with Crippen molar-refractivity contribution in [3.63, 3.8) is 0 Å². The Bertz CT molecular complexity index is 1460. The largest absolute Gasteiger partial charge is 0.466 e. The zero-order valence-electron chi connectivity index (χ0n) is 22.0. The molecule has 198 valence electrons. The lowest BCUT2D eigenvalue weighted by Crippen LogP contribution is -2.40. The first-order chi connectivity index (χ1) is 18.0. The molecule has 4 rings (SSSR count). The van der Waals surface area contributed by atoms with Crippen LogP contribution in [0.1, 0.15) is 77.2 Å². The highest BCUT2D eigenvalue weighted by Gasteiger charge is 2.35. The van der Waals surface area contributed by atoms with E-state index in [1.54, 1.807) is 31.2 Å². The second-order valence-corrected chi connectivity index (χ2v) is 10.9. The number of rotatable bonds is 7. The molecule has 1 atom stereocenters. The van der Waals surface area contributed by atoms with Crippen LogP contribution in [0.3, 0.4) is 0 Å². The number of benzene rings is 2. The van der Waals surface area contributed by atoms with Crippen molar-refractivity contribution in [2.24, 2.45) is 5.41 Å². The first-order valence-corrected chi connectivity index (χ1v) is 13.0. The van der Waals surface area contributed by atoms with Crippen LogP contribution in [0, 0.1) is 12.3 Å². The number of aryl methyl sites for hydroxylation is 1. The second kappa shape index (κ2) is 11.0. The zero-order chi connectivity index (χ0) is 27.6. The quantitative estimate of drug-likeness (QED) is 0.411. The van der Waals surface area contributed by atoms with Gasteiger partial charge in [0.15, 0.2) is 5.78 Å². The van der Waals surface area contributed by atoms with Crippen LogP contribution in [0.2, 0.25) is 5.02 Å². The van der Waals surface area contributed by atoms with E-state index in [-0.39, 0.29) is 29.8 Å². The predicted octanol–water partition coefficient (Wildman–Crippen LogP) is 5.38. The maximum absolute atomic E-state index is 13.9. The number of esters is 1. The minimum atomic E-state index is -0.730. The van der Waals surface area contributed by atoms with E-state index in [0.29, 0.717) is 40.4 Å². The molecular formula is C30H31ClN2O5. The van der Waals surface area contributed by atoms with Crippen LogP contribution >= 0.6 is 11.6 Å². The number of fused-ring (bicyclic) bond motifs is 1. The molecule has 1 aromatic heterocycles. The fourth-order valence-corrected chi connectivity index (χ4v) is 5.02. The SMILES string of the molecule is CCOC(=O)C[C@H](NC(=O)c1cc2c(n(-c3cccc(Cl)c3)c1=O)CC(C)(C)CC2=O)c1ccc(C)cc1. The number of Topliss-reactive ketones (excluding diaryl/α,β-unsaturated/α-hetero) is 1. The number of carbonyl (C=O) groups is 3. The maximum Gasteiger partial charge on any atom is 0.308 e. The van der Waals surface area contributed by atoms with E-state index in [9.17, 15) is 19.2 Å². The molecule has 0 aliphatic heterocycles. The molecule has 0 saturated heterocycles. The number of carbonyl (C=O) groups excluding carboxylic acids is 3. The van der Waals surface area contributed by atoms with Gasteiger partial charge in [-0.2, -0.15) is 0 Å². The Hall–Kier alpha value is -3.71. The van der Waals surface area contributed by atoms with Crippen molar-refractivity contribution in [2.45, 2.75) is 53.0 Å². The summed E-state index contributed by atoms with van der Waals surface area (Å²) in [7, 11) is 0. The average Bonchev–Trinajstić information content (AvgIpc) is 2.83. The van der Waals surface area contributed by atoms with Gasteiger partial charge < -0.3 is 10.1 Å². The Morgan fingerprint density at radius 1 is 1.08 bits per heavy atom. The highest BCUT2D eigenvalue weighted by atomic mass is 35.5. The summed E-state index contributed by atoms with van der Waals surface area (Å²) < 4.78 is 6.53. The lowest BCUT2D eigenvalue weighted by Gasteiger charge is -2.32. The molecule has 1 heterocycles. The maximum atomic E-state index is 13.9. The van der Waals surface area contributed by atoms with E-state index >= 15 is 0 Å². The predicted molar refractivity (Wildman–Crippen MR) is 146 cm³/mol. The normalized spacial score (nSPS) is 14.9. The summed E-state index contributed by atoms with van der Waals surface area (Å²) in [5, 5.41) is 3.26. The van der Waals surface area contributed by atoms with Gasteiger partial charge in [-0.25, -0.2) is 0 Å². The molecule has 1 amide bonds. The number of amides is 1. The number of hydrogen-bond acceptors (Lipinski definition) is 5. The molecule has 0 spiro atoms. The summed E-state index contributed by atoms with van der Waals surface area (Å²) in [5.74, 6) is -1.29. The molecule has 1 aliphatic rings. The molecular weight excluding hydrogens is 504 g/mol. The molecule has 38 heavy (non-hydrogen) atoms. The lowest BCUT2D eigenvalue weighted by atomic mass is 9.75. The van der Waals surface area contributed by atoms with E-state index in [4.69, 9.17) is 16.3 Å². The summed E-state index contributed by atoms with van der Waals surface area (Å²) in [6, 6.07) is 14.8. The lowest BCUT2D eigenvalue weighted by molar-refractivity contribution is -0.143. The fourth-order valence-electron chi connectivity index (χ4n) is 4.84. The van der Waals surface area contributed by atoms with E-state index in [1.807, 2.05) is 45.0 Å². The van der Waals surface area contributed by atoms with Gasteiger partial charge in [0, 0.05) is 22.7 Å². The van der Waals surface area contributed by atoms with Crippen molar-refractivity contribution >= 4 is 29.3 Å². The Balaban J connectivity index is 1.82. The molecule has 1 aliphatic carbocycles. The van der Waals surface area contributed by atoms with E-state index in [1.165, 1.54) is 10.6 Å². The van der Waals surface area contributed by atoms with Crippen molar-refractivity contribution in [1.82, 2.24) is 9.88 Å². The highest BCUT2D eigenvalue weighted by molar-refractivity contribution is 6.30. The van der Waals surface area contributed by atoms with Gasteiger partial charge in [-0.15, -0.1) is 0 Å². The Morgan fingerprint density at radius 2 is 1.79 bits per heavy atom. The smallest absolute Gasteiger partial charge is 0.308 e. The third-order valence-corrected chi connectivity index (χ3v) is 6.90. The van der Waals surface area contributed by atoms with E-state index < -0.39 is 23.5 Å². The highest BCUT2D eigenvalue weighted by Crippen LogP contribution is 2.35. The molecule has 8 heteroatoms. The number of ether oxygens (including phenoxy) is 1. The van der Waals surface area contributed by atoms with Crippen LogP contribution in [-0.4, -0.2) is 28.8 Å².